The Morgan fingerprint density at radius 2 is 2.14 bits per heavy atom. The van der Waals surface area contributed by atoms with E-state index in [0.29, 0.717) is 18.8 Å². The smallest absolute Gasteiger partial charge is 0.150 e. The van der Waals surface area contributed by atoms with Crippen LogP contribution in [0, 0.1) is 0 Å². The van der Waals surface area contributed by atoms with Gasteiger partial charge in [0, 0.05) is 24.8 Å². The molecule has 5 nitrogen and oxygen atoms in total. The number of aromatic nitrogens is 1. The summed E-state index contributed by atoms with van der Waals surface area (Å²) in [4.78, 5) is 17.2. The highest BCUT2D eigenvalue weighted by atomic mass is 16.5. The van der Waals surface area contributed by atoms with Gasteiger partial charge in [0.2, 0.25) is 0 Å². The summed E-state index contributed by atoms with van der Waals surface area (Å²) in [5, 5.41) is 0. The van der Waals surface area contributed by atoms with Gasteiger partial charge >= 0.3 is 0 Å². The molecule has 1 saturated heterocycles. The van der Waals surface area contributed by atoms with Crippen molar-refractivity contribution in [3.8, 4) is 5.75 Å². The van der Waals surface area contributed by atoms with Crippen LogP contribution in [0.3, 0.4) is 0 Å². The quantitative estimate of drug-likeness (QED) is 0.792. The molecule has 114 valence electrons. The van der Waals surface area contributed by atoms with E-state index in [9.17, 15) is 4.79 Å². The van der Waals surface area contributed by atoms with Crippen molar-refractivity contribution in [3.05, 3.63) is 54.2 Å². The molecule has 22 heavy (non-hydrogen) atoms. The third kappa shape index (κ3) is 3.62. The van der Waals surface area contributed by atoms with Gasteiger partial charge in [0.25, 0.3) is 0 Å². The summed E-state index contributed by atoms with van der Waals surface area (Å²) in [6, 6.07) is 13.0. The highest BCUT2D eigenvalue weighted by Gasteiger charge is 2.21. The maximum absolute atomic E-state index is 10.6. The van der Waals surface area contributed by atoms with Crippen LogP contribution in [0.2, 0.25) is 0 Å². The molecule has 5 heteroatoms. The third-order valence-electron chi connectivity index (χ3n) is 3.56. The van der Waals surface area contributed by atoms with Gasteiger partial charge in [-0.2, -0.15) is 0 Å². The minimum atomic E-state index is 0.00139. The molecule has 1 aliphatic rings. The van der Waals surface area contributed by atoms with Gasteiger partial charge in [-0.25, -0.2) is 4.98 Å². The average Bonchev–Trinajstić information content (AvgIpc) is 2.61. The summed E-state index contributed by atoms with van der Waals surface area (Å²) in [7, 11) is 0. The number of hydrogen-bond acceptors (Lipinski definition) is 5. The van der Waals surface area contributed by atoms with Crippen LogP contribution in [0.4, 0.5) is 5.82 Å². The largest absolute Gasteiger partial charge is 0.491 e. The molecule has 1 fully saturated rings. The summed E-state index contributed by atoms with van der Waals surface area (Å²) in [6.07, 6.45) is 2.62. The molecule has 0 amide bonds. The van der Waals surface area contributed by atoms with E-state index in [2.05, 4.69) is 9.88 Å². The van der Waals surface area contributed by atoms with Crippen LogP contribution in [0.1, 0.15) is 10.4 Å². The molecule has 0 spiro atoms. The lowest BCUT2D eigenvalue weighted by molar-refractivity contribution is 0.0100. The fraction of sp³-hybridized carbons (Fsp3) is 0.294. The first-order chi connectivity index (χ1) is 10.8. The van der Waals surface area contributed by atoms with E-state index in [0.717, 1.165) is 30.9 Å². The second-order valence-corrected chi connectivity index (χ2v) is 5.12. The molecule has 2 heterocycles. The summed E-state index contributed by atoms with van der Waals surface area (Å²) in [6.45, 7) is 2.73. The van der Waals surface area contributed by atoms with Gasteiger partial charge in [-0.3, -0.25) is 4.79 Å². The second-order valence-electron chi connectivity index (χ2n) is 5.12. The van der Waals surface area contributed by atoms with E-state index < -0.39 is 0 Å². The molecule has 1 aromatic carbocycles. The Kier molecular flexibility index (Phi) is 4.65. The zero-order valence-electron chi connectivity index (χ0n) is 12.2. The maximum atomic E-state index is 10.6. The lowest BCUT2D eigenvalue weighted by atomic mass is 10.2. The van der Waals surface area contributed by atoms with Crippen molar-refractivity contribution >= 4 is 12.1 Å². The molecule has 1 aromatic heterocycles. The van der Waals surface area contributed by atoms with Gasteiger partial charge in [-0.1, -0.05) is 6.07 Å². The van der Waals surface area contributed by atoms with Gasteiger partial charge < -0.3 is 14.4 Å². The van der Waals surface area contributed by atoms with E-state index in [4.69, 9.17) is 9.47 Å². The first kappa shape index (κ1) is 14.5. The Morgan fingerprint density at radius 1 is 1.27 bits per heavy atom. The molecular formula is C17H18N2O3. The Bertz CT molecular complexity index is 601. The molecule has 0 bridgehead atoms. The van der Waals surface area contributed by atoms with Crippen LogP contribution in [0.15, 0.2) is 48.7 Å². The Hall–Kier alpha value is -2.40. The molecule has 0 aliphatic carbocycles. The molecule has 3 rings (SSSR count). The monoisotopic (exact) mass is 298 g/mol. The predicted octanol–water partition coefficient (Wildman–Crippen LogP) is 2.18. The topological polar surface area (TPSA) is 51.7 Å². The summed E-state index contributed by atoms with van der Waals surface area (Å²) in [5.74, 6) is 1.70. The number of carbonyl (C=O) groups excluding carboxylic acids is 1. The zero-order chi connectivity index (χ0) is 15.2. The van der Waals surface area contributed by atoms with Gasteiger partial charge in [0.1, 0.15) is 30.6 Å². The number of rotatable bonds is 5. The van der Waals surface area contributed by atoms with Crippen LogP contribution in [0.25, 0.3) is 0 Å². The fourth-order valence-corrected chi connectivity index (χ4v) is 2.40. The number of anilines is 1. The first-order valence-electron chi connectivity index (χ1n) is 7.31. The van der Waals surface area contributed by atoms with Gasteiger partial charge in [-0.15, -0.1) is 0 Å². The summed E-state index contributed by atoms with van der Waals surface area (Å²) >= 11 is 0. The number of aldehydes is 1. The average molecular weight is 298 g/mol. The third-order valence-corrected chi connectivity index (χ3v) is 3.56. The fourth-order valence-electron chi connectivity index (χ4n) is 2.40. The molecule has 0 N–H and O–H groups in total. The Balaban J connectivity index is 1.55. The van der Waals surface area contributed by atoms with E-state index in [1.807, 2.05) is 18.2 Å². The van der Waals surface area contributed by atoms with Crippen molar-refractivity contribution in [3.63, 3.8) is 0 Å². The van der Waals surface area contributed by atoms with Crippen molar-refractivity contribution in [1.29, 1.82) is 0 Å². The van der Waals surface area contributed by atoms with Crippen LogP contribution in [-0.4, -0.2) is 43.7 Å². The van der Waals surface area contributed by atoms with E-state index in [1.54, 1.807) is 30.5 Å². The van der Waals surface area contributed by atoms with E-state index >= 15 is 0 Å². The Labute approximate surface area is 129 Å². The highest BCUT2D eigenvalue weighted by Crippen LogP contribution is 2.16. The van der Waals surface area contributed by atoms with Crippen molar-refractivity contribution in [2.75, 3.05) is 31.2 Å². The molecule has 1 atom stereocenters. The number of ether oxygens (including phenoxy) is 2. The number of hydrogen-bond donors (Lipinski definition) is 0. The normalized spacial score (nSPS) is 18.0. The van der Waals surface area contributed by atoms with Crippen molar-refractivity contribution < 1.29 is 14.3 Å². The molecule has 2 aromatic rings. The highest BCUT2D eigenvalue weighted by molar-refractivity contribution is 5.74. The second kappa shape index (κ2) is 7.04. The van der Waals surface area contributed by atoms with Crippen LogP contribution < -0.4 is 9.64 Å². The van der Waals surface area contributed by atoms with Crippen molar-refractivity contribution in [1.82, 2.24) is 4.98 Å². The van der Waals surface area contributed by atoms with Gasteiger partial charge in [0.15, 0.2) is 0 Å². The van der Waals surface area contributed by atoms with Crippen LogP contribution in [0.5, 0.6) is 5.75 Å². The first-order valence-corrected chi connectivity index (χ1v) is 7.31. The number of benzene rings is 1. The number of morpholine rings is 1. The predicted molar refractivity (Wildman–Crippen MR) is 83.5 cm³/mol. The molecule has 1 aliphatic heterocycles. The van der Waals surface area contributed by atoms with Crippen LogP contribution >= 0.6 is 0 Å². The maximum Gasteiger partial charge on any atom is 0.150 e. The SMILES string of the molecule is O=Cc1ccc(OCC2CN(c3ccccn3)CCO2)cc1. The van der Waals surface area contributed by atoms with Crippen LogP contribution in [-0.2, 0) is 4.74 Å². The molecule has 0 radical (unpaired) electrons. The Morgan fingerprint density at radius 3 is 2.86 bits per heavy atom. The number of pyridine rings is 1. The number of nitrogens with zero attached hydrogens (tertiary/aromatic N) is 2. The minimum Gasteiger partial charge on any atom is -0.491 e. The summed E-state index contributed by atoms with van der Waals surface area (Å²) in [5.41, 5.74) is 0.641. The molecule has 0 saturated carbocycles. The molecule has 1 unspecified atom stereocenters. The lowest BCUT2D eigenvalue weighted by Gasteiger charge is -2.33. The van der Waals surface area contributed by atoms with Gasteiger partial charge in [-0.05, 0) is 36.4 Å². The minimum absolute atomic E-state index is 0.00139. The summed E-state index contributed by atoms with van der Waals surface area (Å²) < 4.78 is 11.5. The zero-order valence-corrected chi connectivity index (χ0v) is 12.2. The van der Waals surface area contributed by atoms with E-state index in [-0.39, 0.29) is 6.10 Å². The van der Waals surface area contributed by atoms with Crippen molar-refractivity contribution in [2.24, 2.45) is 0 Å². The molecular weight excluding hydrogens is 280 g/mol. The lowest BCUT2D eigenvalue weighted by Crippen LogP contribution is -2.45. The van der Waals surface area contributed by atoms with E-state index in [1.165, 1.54) is 0 Å². The van der Waals surface area contributed by atoms with Crippen molar-refractivity contribution in [2.45, 2.75) is 6.10 Å². The number of carbonyl (C=O) groups is 1. The van der Waals surface area contributed by atoms with Gasteiger partial charge in [0.05, 0.1) is 6.61 Å². The standard InChI is InChI=1S/C17H18N2O3/c20-12-14-4-6-15(7-5-14)22-13-16-11-19(9-10-21-16)17-3-1-2-8-18-17/h1-8,12,16H,9-11,13H2.